The Morgan fingerprint density at radius 2 is 1.70 bits per heavy atom. The number of phenolic OH excluding ortho intramolecular Hbond substituents is 1. The van der Waals surface area contributed by atoms with Crippen molar-refractivity contribution < 1.29 is 14.6 Å². The zero-order valence-electron chi connectivity index (χ0n) is 16.1. The highest BCUT2D eigenvalue weighted by Crippen LogP contribution is 2.35. The normalized spacial score (nSPS) is 11.0. The molecule has 1 N–H and O–H groups in total. The average Bonchev–Trinajstić information content (AvgIpc) is 2.60. The fourth-order valence-electron chi connectivity index (χ4n) is 3.03. The smallest absolute Gasteiger partial charge is 0.342 e. The molecule has 0 bridgehead atoms. The van der Waals surface area contributed by atoms with Crippen LogP contribution in [0.2, 0.25) is 5.02 Å². The van der Waals surface area contributed by atoms with Crippen LogP contribution in [0.4, 0.5) is 0 Å². The van der Waals surface area contributed by atoms with Crippen LogP contribution in [-0.4, -0.2) is 41.2 Å². The van der Waals surface area contributed by atoms with Gasteiger partial charge in [-0.25, -0.2) is 4.79 Å². The maximum absolute atomic E-state index is 12.5. The standard InChI is InChI=1S/C21H26ClNO3.ClH/c1-14(2)23(15(3)4)10-11-26-21(25)19-13-17(22)12-18(20(19)24)16-8-6-5-7-9-16;/h5-9,12-15,24H,10-11H2,1-4H3;1H. The first-order chi connectivity index (χ1) is 12.3. The molecular formula is C21H27Cl2NO3. The fourth-order valence-corrected chi connectivity index (χ4v) is 3.25. The van der Waals surface area contributed by atoms with Crippen LogP contribution in [-0.2, 0) is 4.74 Å². The van der Waals surface area contributed by atoms with E-state index in [1.807, 2.05) is 30.3 Å². The lowest BCUT2D eigenvalue weighted by atomic mass is 10.0. The first kappa shape index (κ1) is 23.3. The molecule has 148 valence electrons. The highest BCUT2D eigenvalue weighted by molar-refractivity contribution is 6.31. The van der Waals surface area contributed by atoms with Crippen molar-refractivity contribution in [3.63, 3.8) is 0 Å². The Morgan fingerprint density at radius 3 is 2.26 bits per heavy atom. The molecule has 0 spiro atoms. The van der Waals surface area contributed by atoms with Gasteiger partial charge in [-0.1, -0.05) is 41.9 Å². The lowest BCUT2D eigenvalue weighted by molar-refractivity contribution is 0.0414. The van der Waals surface area contributed by atoms with Crippen molar-refractivity contribution in [2.45, 2.75) is 39.8 Å². The van der Waals surface area contributed by atoms with E-state index in [1.54, 1.807) is 6.07 Å². The summed E-state index contributed by atoms with van der Waals surface area (Å²) in [6.45, 7) is 9.32. The molecular weight excluding hydrogens is 385 g/mol. The average molecular weight is 412 g/mol. The van der Waals surface area contributed by atoms with Gasteiger partial charge >= 0.3 is 5.97 Å². The summed E-state index contributed by atoms with van der Waals surface area (Å²) in [5.74, 6) is -0.690. The largest absolute Gasteiger partial charge is 0.506 e. The molecule has 0 saturated carbocycles. The Labute approximate surface area is 172 Å². The number of aromatic hydroxyl groups is 1. The molecule has 0 aromatic heterocycles. The lowest BCUT2D eigenvalue weighted by Gasteiger charge is -2.30. The van der Waals surface area contributed by atoms with Crippen molar-refractivity contribution in [2.24, 2.45) is 0 Å². The minimum Gasteiger partial charge on any atom is -0.506 e. The molecule has 0 aliphatic rings. The maximum Gasteiger partial charge on any atom is 0.342 e. The molecule has 0 atom stereocenters. The Hall–Kier alpha value is -1.75. The molecule has 0 unspecified atom stereocenters. The summed E-state index contributed by atoms with van der Waals surface area (Å²) in [4.78, 5) is 14.7. The van der Waals surface area contributed by atoms with Crippen LogP contribution >= 0.6 is 24.0 Å². The van der Waals surface area contributed by atoms with Gasteiger partial charge in [0.2, 0.25) is 0 Å². The van der Waals surface area contributed by atoms with E-state index in [0.29, 0.717) is 29.2 Å². The van der Waals surface area contributed by atoms with Crippen LogP contribution in [0.25, 0.3) is 11.1 Å². The quantitative estimate of drug-likeness (QED) is 0.618. The minimum absolute atomic E-state index is 0. The molecule has 0 radical (unpaired) electrons. The summed E-state index contributed by atoms with van der Waals surface area (Å²) in [6.07, 6.45) is 0. The van der Waals surface area contributed by atoms with Crippen molar-refractivity contribution in [1.29, 1.82) is 0 Å². The van der Waals surface area contributed by atoms with Crippen LogP contribution in [0.5, 0.6) is 5.75 Å². The van der Waals surface area contributed by atoms with Gasteiger partial charge in [0.1, 0.15) is 17.9 Å². The van der Waals surface area contributed by atoms with Crippen molar-refractivity contribution in [2.75, 3.05) is 13.2 Å². The number of benzene rings is 2. The Bertz CT molecular complexity index is 741. The Balaban J connectivity index is 0.00000364. The summed E-state index contributed by atoms with van der Waals surface area (Å²) in [5, 5.41) is 10.9. The third-order valence-corrected chi connectivity index (χ3v) is 4.51. The number of carbonyl (C=O) groups excluding carboxylic acids is 1. The fraction of sp³-hybridized carbons (Fsp3) is 0.381. The first-order valence-corrected chi connectivity index (χ1v) is 9.19. The van der Waals surface area contributed by atoms with Crippen LogP contribution in [0.15, 0.2) is 42.5 Å². The highest BCUT2D eigenvalue weighted by Gasteiger charge is 2.19. The predicted molar refractivity (Wildman–Crippen MR) is 113 cm³/mol. The number of rotatable bonds is 7. The Kier molecular flexibility index (Phi) is 9.10. The summed E-state index contributed by atoms with van der Waals surface area (Å²) in [5.41, 5.74) is 1.38. The number of phenols is 1. The third-order valence-electron chi connectivity index (χ3n) is 4.29. The molecule has 6 heteroatoms. The van der Waals surface area contributed by atoms with E-state index in [9.17, 15) is 9.90 Å². The molecule has 0 fully saturated rings. The van der Waals surface area contributed by atoms with Gasteiger partial charge < -0.3 is 9.84 Å². The topological polar surface area (TPSA) is 49.8 Å². The summed E-state index contributed by atoms with van der Waals surface area (Å²) in [6, 6.07) is 13.1. The number of halogens is 2. The van der Waals surface area contributed by atoms with E-state index < -0.39 is 5.97 Å². The van der Waals surface area contributed by atoms with Crippen LogP contribution in [0.1, 0.15) is 38.1 Å². The van der Waals surface area contributed by atoms with Gasteiger partial charge in [0.05, 0.1) is 0 Å². The van der Waals surface area contributed by atoms with Gasteiger partial charge in [0, 0.05) is 29.2 Å². The predicted octanol–water partition coefficient (Wildman–Crippen LogP) is 5.41. The van der Waals surface area contributed by atoms with E-state index in [1.165, 1.54) is 6.07 Å². The van der Waals surface area contributed by atoms with Crippen molar-refractivity contribution >= 4 is 30.0 Å². The van der Waals surface area contributed by atoms with Gasteiger partial charge in [-0.15, -0.1) is 12.4 Å². The molecule has 0 saturated heterocycles. The summed E-state index contributed by atoms with van der Waals surface area (Å²) in [7, 11) is 0. The molecule has 0 aliphatic heterocycles. The monoisotopic (exact) mass is 411 g/mol. The van der Waals surface area contributed by atoms with E-state index >= 15 is 0 Å². The number of carbonyl (C=O) groups is 1. The van der Waals surface area contributed by atoms with E-state index in [0.717, 1.165) is 5.56 Å². The zero-order valence-corrected chi connectivity index (χ0v) is 17.7. The first-order valence-electron chi connectivity index (χ1n) is 8.82. The second-order valence-corrected chi connectivity index (χ2v) is 7.21. The van der Waals surface area contributed by atoms with Gasteiger partial charge in [0.25, 0.3) is 0 Å². The molecule has 0 heterocycles. The van der Waals surface area contributed by atoms with Crippen molar-refractivity contribution in [1.82, 2.24) is 4.90 Å². The summed E-state index contributed by atoms with van der Waals surface area (Å²) >= 11 is 6.16. The molecule has 2 aromatic carbocycles. The summed E-state index contributed by atoms with van der Waals surface area (Å²) < 4.78 is 5.39. The van der Waals surface area contributed by atoms with Crippen LogP contribution in [0, 0.1) is 0 Å². The molecule has 27 heavy (non-hydrogen) atoms. The van der Waals surface area contributed by atoms with Crippen molar-refractivity contribution in [3.05, 3.63) is 53.1 Å². The second kappa shape index (κ2) is 10.5. The third kappa shape index (κ3) is 6.13. The Morgan fingerprint density at radius 1 is 1.11 bits per heavy atom. The molecule has 0 aliphatic carbocycles. The lowest BCUT2D eigenvalue weighted by Crippen LogP contribution is -2.39. The van der Waals surface area contributed by atoms with Crippen molar-refractivity contribution in [3.8, 4) is 16.9 Å². The van der Waals surface area contributed by atoms with E-state index in [4.69, 9.17) is 16.3 Å². The SMILES string of the molecule is CC(C)N(CCOC(=O)c1cc(Cl)cc(-c2ccccc2)c1O)C(C)C.Cl. The van der Waals surface area contributed by atoms with E-state index in [-0.39, 0.29) is 30.3 Å². The van der Waals surface area contributed by atoms with E-state index in [2.05, 4.69) is 32.6 Å². The number of hydrogen-bond donors (Lipinski definition) is 1. The highest BCUT2D eigenvalue weighted by atomic mass is 35.5. The minimum atomic E-state index is -0.574. The number of nitrogens with zero attached hydrogens (tertiary/aromatic N) is 1. The molecule has 2 rings (SSSR count). The van der Waals surface area contributed by atoms with Gasteiger partial charge in [0.15, 0.2) is 0 Å². The molecule has 2 aromatic rings. The maximum atomic E-state index is 12.5. The van der Waals surface area contributed by atoms with Gasteiger partial charge in [-0.3, -0.25) is 4.90 Å². The number of hydrogen-bond acceptors (Lipinski definition) is 4. The van der Waals surface area contributed by atoms with Crippen LogP contribution < -0.4 is 0 Å². The molecule has 0 amide bonds. The number of esters is 1. The van der Waals surface area contributed by atoms with Gasteiger partial charge in [-0.2, -0.15) is 0 Å². The second-order valence-electron chi connectivity index (χ2n) is 6.78. The van der Waals surface area contributed by atoms with Gasteiger partial charge in [-0.05, 0) is 45.4 Å². The zero-order chi connectivity index (χ0) is 19.3. The molecule has 4 nitrogen and oxygen atoms in total. The van der Waals surface area contributed by atoms with Crippen LogP contribution in [0.3, 0.4) is 0 Å². The number of ether oxygens (including phenoxy) is 1.